The van der Waals surface area contributed by atoms with Gasteiger partial charge in [-0.1, -0.05) is 30.3 Å². The number of likely N-dealkylation sites (tertiary alicyclic amines) is 1. The second-order valence-electron chi connectivity index (χ2n) is 7.80. The molecule has 0 unspecified atom stereocenters. The lowest BCUT2D eigenvalue weighted by Gasteiger charge is -2.20. The molecule has 4 rings (SSSR count). The number of aromatic nitrogens is 1. The van der Waals surface area contributed by atoms with Gasteiger partial charge >= 0.3 is 0 Å². The fourth-order valence-corrected chi connectivity index (χ4v) is 4.32. The Morgan fingerprint density at radius 3 is 2.54 bits per heavy atom. The summed E-state index contributed by atoms with van der Waals surface area (Å²) in [6.07, 6.45) is 4.14. The molecule has 0 amide bonds. The Hall–Kier alpha value is -1.67. The molecule has 1 aromatic heterocycles. The summed E-state index contributed by atoms with van der Waals surface area (Å²) in [6.45, 7) is 9.15. The van der Waals surface area contributed by atoms with E-state index in [4.69, 9.17) is 0 Å². The van der Waals surface area contributed by atoms with E-state index in [1.54, 1.807) is 0 Å². The molecule has 0 bridgehead atoms. The molecule has 1 saturated carbocycles. The van der Waals surface area contributed by atoms with Crippen molar-refractivity contribution in [2.75, 3.05) is 13.1 Å². The molecule has 0 N–H and O–H groups in total. The topological polar surface area (TPSA) is 16.1 Å². The third-order valence-corrected chi connectivity index (χ3v) is 5.96. The van der Waals surface area contributed by atoms with Gasteiger partial charge in [-0.15, -0.1) is 0 Å². The van der Waals surface area contributed by atoms with Crippen molar-refractivity contribution >= 4 is 0 Å². The van der Waals surface area contributed by atoms with E-state index in [0.717, 1.165) is 29.3 Å². The summed E-state index contributed by atoms with van der Waals surface area (Å²) in [4.78, 5) is 7.29. The quantitative estimate of drug-likeness (QED) is 0.792. The third kappa shape index (κ3) is 3.12. The highest BCUT2D eigenvalue weighted by molar-refractivity contribution is 5.66. The molecule has 1 saturated heterocycles. The van der Waals surface area contributed by atoms with Crippen LogP contribution in [0.25, 0.3) is 11.1 Å². The summed E-state index contributed by atoms with van der Waals surface area (Å²) in [6, 6.07) is 14.3. The number of pyridine rings is 1. The SMILES string of the molecule is Cc1ccc(-c2ccc([C@H]3C[C@@H]3CN3CCC[C@@H]3C)cc2)c(C)n1. The number of hydrogen-bond acceptors (Lipinski definition) is 2. The predicted octanol–water partition coefficient (Wildman–Crippen LogP) is 4.95. The van der Waals surface area contributed by atoms with E-state index in [1.165, 1.54) is 49.0 Å². The average molecular weight is 320 g/mol. The maximum atomic E-state index is 4.59. The van der Waals surface area contributed by atoms with E-state index >= 15 is 0 Å². The summed E-state index contributed by atoms with van der Waals surface area (Å²) in [5.74, 6) is 1.66. The first-order valence-electron chi connectivity index (χ1n) is 9.40. The van der Waals surface area contributed by atoms with E-state index in [9.17, 15) is 0 Å². The van der Waals surface area contributed by atoms with Gasteiger partial charge in [0.25, 0.3) is 0 Å². The number of aryl methyl sites for hydroxylation is 2. The van der Waals surface area contributed by atoms with Crippen molar-refractivity contribution in [1.82, 2.24) is 9.88 Å². The number of rotatable bonds is 4. The molecule has 2 aliphatic rings. The maximum absolute atomic E-state index is 4.59. The highest BCUT2D eigenvalue weighted by atomic mass is 15.2. The zero-order chi connectivity index (χ0) is 16.7. The van der Waals surface area contributed by atoms with Gasteiger partial charge in [-0.2, -0.15) is 0 Å². The lowest BCUT2D eigenvalue weighted by molar-refractivity contribution is 0.256. The van der Waals surface area contributed by atoms with Crippen LogP contribution in [0.15, 0.2) is 36.4 Å². The van der Waals surface area contributed by atoms with Gasteiger partial charge < -0.3 is 4.90 Å². The molecule has 0 spiro atoms. The molecule has 126 valence electrons. The van der Waals surface area contributed by atoms with Crippen molar-refractivity contribution in [1.29, 1.82) is 0 Å². The first-order valence-corrected chi connectivity index (χ1v) is 9.40. The van der Waals surface area contributed by atoms with Gasteiger partial charge in [0, 0.05) is 29.5 Å². The molecular formula is C22H28N2. The van der Waals surface area contributed by atoms with Gasteiger partial charge in [0.1, 0.15) is 0 Å². The van der Waals surface area contributed by atoms with Crippen LogP contribution in [0.3, 0.4) is 0 Å². The minimum atomic E-state index is 0.782. The van der Waals surface area contributed by atoms with Crippen molar-refractivity contribution in [2.45, 2.75) is 52.0 Å². The Kier molecular flexibility index (Phi) is 4.17. The van der Waals surface area contributed by atoms with Crippen LogP contribution < -0.4 is 0 Å². The van der Waals surface area contributed by atoms with Gasteiger partial charge in [-0.3, -0.25) is 4.98 Å². The lowest BCUT2D eigenvalue weighted by atomic mass is 10.0. The normalized spacial score (nSPS) is 26.7. The highest BCUT2D eigenvalue weighted by Gasteiger charge is 2.40. The van der Waals surface area contributed by atoms with E-state index < -0.39 is 0 Å². The van der Waals surface area contributed by atoms with Gasteiger partial charge in [-0.05, 0) is 75.6 Å². The number of benzene rings is 1. The fraction of sp³-hybridized carbons (Fsp3) is 0.500. The zero-order valence-electron chi connectivity index (χ0n) is 15.1. The first-order chi connectivity index (χ1) is 11.6. The van der Waals surface area contributed by atoms with Crippen LogP contribution in [-0.2, 0) is 0 Å². The van der Waals surface area contributed by atoms with Crippen LogP contribution in [0.5, 0.6) is 0 Å². The van der Waals surface area contributed by atoms with Gasteiger partial charge in [-0.25, -0.2) is 0 Å². The molecule has 2 heterocycles. The third-order valence-electron chi connectivity index (χ3n) is 5.96. The molecule has 2 fully saturated rings. The van der Waals surface area contributed by atoms with Crippen molar-refractivity contribution in [2.24, 2.45) is 5.92 Å². The van der Waals surface area contributed by atoms with Crippen LogP contribution in [0.2, 0.25) is 0 Å². The summed E-state index contributed by atoms with van der Waals surface area (Å²) < 4.78 is 0. The van der Waals surface area contributed by atoms with Crippen LogP contribution in [0.1, 0.15) is 49.1 Å². The minimum absolute atomic E-state index is 0.782. The molecule has 24 heavy (non-hydrogen) atoms. The Bertz CT molecular complexity index is 719. The van der Waals surface area contributed by atoms with Gasteiger partial charge in [0.15, 0.2) is 0 Å². The molecule has 2 nitrogen and oxygen atoms in total. The van der Waals surface area contributed by atoms with E-state index in [2.05, 4.69) is 60.1 Å². The average Bonchev–Trinajstić information content (AvgIpc) is 3.22. The molecule has 2 heteroatoms. The molecule has 3 atom stereocenters. The van der Waals surface area contributed by atoms with Crippen LogP contribution in [-0.4, -0.2) is 29.0 Å². The summed E-state index contributed by atoms with van der Waals surface area (Å²) >= 11 is 0. The first kappa shape index (κ1) is 15.8. The van der Waals surface area contributed by atoms with Gasteiger partial charge in [0.2, 0.25) is 0 Å². The summed E-state index contributed by atoms with van der Waals surface area (Å²) in [7, 11) is 0. The fourth-order valence-electron chi connectivity index (χ4n) is 4.32. The Morgan fingerprint density at radius 1 is 1.08 bits per heavy atom. The smallest absolute Gasteiger partial charge is 0.0454 e. The largest absolute Gasteiger partial charge is 0.300 e. The van der Waals surface area contributed by atoms with Crippen LogP contribution in [0.4, 0.5) is 0 Å². The molecule has 1 aromatic carbocycles. The van der Waals surface area contributed by atoms with Crippen LogP contribution in [0, 0.1) is 19.8 Å². The standard InChI is InChI=1S/C22H28N2/c1-15-6-11-21(17(3)23-15)18-7-9-19(10-8-18)22-13-20(22)14-24-12-4-5-16(24)2/h6-11,16,20,22H,4-5,12-14H2,1-3H3/t16-,20+,22+/m0/s1. The Balaban J connectivity index is 1.43. The molecule has 0 radical (unpaired) electrons. The van der Waals surface area contributed by atoms with E-state index in [-0.39, 0.29) is 0 Å². The van der Waals surface area contributed by atoms with E-state index in [1.807, 2.05) is 6.92 Å². The van der Waals surface area contributed by atoms with Crippen molar-refractivity contribution in [3.05, 3.63) is 53.3 Å². The minimum Gasteiger partial charge on any atom is -0.300 e. The zero-order valence-corrected chi connectivity index (χ0v) is 15.1. The summed E-state index contributed by atoms with van der Waals surface area (Å²) in [5.41, 5.74) is 6.27. The Morgan fingerprint density at radius 2 is 1.88 bits per heavy atom. The second kappa shape index (κ2) is 6.33. The summed E-state index contributed by atoms with van der Waals surface area (Å²) in [5, 5.41) is 0. The van der Waals surface area contributed by atoms with E-state index in [0.29, 0.717) is 0 Å². The van der Waals surface area contributed by atoms with Crippen molar-refractivity contribution < 1.29 is 0 Å². The molecule has 1 aliphatic heterocycles. The number of hydrogen-bond donors (Lipinski definition) is 0. The molecule has 1 aliphatic carbocycles. The van der Waals surface area contributed by atoms with Crippen LogP contribution >= 0.6 is 0 Å². The Labute approximate surface area is 145 Å². The van der Waals surface area contributed by atoms with Gasteiger partial charge in [0.05, 0.1) is 0 Å². The predicted molar refractivity (Wildman–Crippen MR) is 100 cm³/mol. The maximum Gasteiger partial charge on any atom is 0.0454 e. The monoisotopic (exact) mass is 320 g/mol. The van der Waals surface area contributed by atoms with Crippen molar-refractivity contribution in [3.63, 3.8) is 0 Å². The number of nitrogens with zero attached hydrogens (tertiary/aromatic N) is 2. The molecular weight excluding hydrogens is 292 g/mol. The molecule has 2 aromatic rings. The highest BCUT2D eigenvalue weighted by Crippen LogP contribution is 2.48. The second-order valence-corrected chi connectivity index (χ2v) is 7.80. The lowest BCUT2D eigenvalue weighted by Crippen LogP contribution is -2.29. The van der Waals surface area contributed by atoms with Crippen molar-refractivity contribution in [3.8, 4) is 11.1 Å².